The summed E-state index contributed by atoms with van der Waals surface area (Å²) in [5.74, 6) is 0.564. The van der Waals surface area contributed by atoms with Gasteiger partial charge in [-0.3, -0.25) is 9.59 Å². The Morgan fingerprint density at radius 1 is 0.875 bits per heavy atom. The van der Waals surface area contributed by atoms with E-state index in [1.165, 1.54) is 0 Å². The van der Waals surface area contributed by atoms with E-state index in [1.807, 2.05) is 83.8 Å². The highest BCUT2D eigenvalue weighted by molar-refractivity contribution is 5.88. The van der Waals surface area contributed by atoms with Gasteiger partial charge in [0.25, 0.3) is 0 Å². The minimum Gasteiger partial charge on any atom is -0.508 e. The number of fused-ring (bicyclic) bond motifs is 3. The summed E-state index contributed by atoms with van der Waals surface area (Å²) in [6.07, 6.45) is 1.87. The fourth-order valence-corrected chi connectivity index (χ4v) is 5.55. The number of rotatable bonds is 7. The van der Waals surface area contributed by atoms with Crippen LogP contribution in [0, 0.1) is 0 Å². The molecular formula is C34H30N2O4. The van der Waals surface area contributed by atoms with Crippen LogP contribution in [0.4, 0.5) is 0 Å². The molecule has 1 atom stereocenters. The molecule has 2 heterocycles. The first-order valence-electron chi connectivity index (χ1n) is 13.6. The monoisotopic (exact) mass is 530 g/mol. The molecule has 0 saturated carbocycles. The number of aromatic hydroxyl groups is 1. The van der Waals surface area contributed by atoms with Crippen LogP contribution < -0.4 is 4.74 Å². The van der Waals surface area contributed by atoms with Gasteiger partial charge in [-0.25, -0.2) is 0 Å². The number of amides is 1. The number of aromatic amines is 1. The molecule has 1 amide bonds. The highest BCUT2D eigenvalue weighted by Gasteiger charge is 2.34. The maximum absolute atomic E-state index is 13.6. The maximum Gasteiger partial charge on any atom is 0.311 e. The van der Waals surface area contributed by atoms with Crippen LogP contribution in [0.15, 0.2) is 103 Å². The fourth-order valence-electron chi connectivity index (χ4n) is 5.55. The fraction of sp³-hybridized carbons (Fsp3) is 0.176. The third-order valence-corrected chi connectivity index (χ3v) is 7.52. The number of phenols is 1. The van der Waals surface area contributed by atoms with Crippen molar-refractivity contribution in [2.75, 3.05) is 6.54 Å². The molecule has 4 aromatic carbocycles. The molecule has 6 heteroatoms. The number of nitrogens with zero attached hydrogens (tertiary/aromatic N) is 1. The van der Waals surface area contributed by atoms with E-state index < -0.39 is 0 Å². The van der Waals surface area contributed by atoms with E-state index in [9.17, 15) is 14.7 Å². The second kappa shape index (κ2) is 11.1. The van der Waals surface area contributed by atoms with Gasteiger partial charge in [0, 0.05) is 29.6 Å². The SMILES string of the molecule is O=C(CCc1ccc(C2c3[nH]c4ccc(O)cc4c3CCN2C(=O)Cc2ccccc2)cc1)Oc1ccccc1. The molecule has 1 aliphatic rings. The second-order valence-corrected chi connectivity index (χ2v) is 10.2. The molecule has 0 aliphatic carbocycles. The topological polar surface area (TPSA) is 82.6 Å². The minimum atomic E-state index is -0.286. The summed E-state index contributed by atoms with van der Waals surface area (Å²) in [6, 6.07) is 32.1. The highest BCUT2D eigenvalue weighted by atomic mass is 16.5. The van der Waals surface area contributed by atoms with Crippen molar-refractivity contribution in [3.05, 3.63) is 131 Å². The molecule has 0 radical (unpaired) electrons. The van der Waals surface area contributed by atoms with Crippen LogP contribution in [-0.2, 0) is 28.9 Å². The van der Waals surface area contributed by atoms with E-state index in [0.717, 1.165) is 38.9 Å². The number of aryl methyl sites for hydroxylation is 1. The Bertz CT molecular complexity index is 1640. The third-order valence-electron chi connectivity index (χ3n) is 7.52. The van der Waals surface area contributed by atoms with E-state index in [4.69, 9.17) is 4.74 Å². The number of hydrogen-bond donors (Lipinski definition) is 2. The highest BCUT2D eigenvalue weighted by Crippen LogP contribution is 2.39. The first kappa shape index (κ1) is 25.4. The normalized spacial score (nSPS) is 14.6. The molecule has 5 aromatic rings. The predicted molar refractivity (Wildman–Crippen MR) is 154 cm³/mol. The third kappa shape index (κ3) is 5.34. The summed E-state index contributed by atoms with van der Waals surface area (Å²) >= 11 is 0. The maximum atomic E-state index is 13.6. The van der Waals surface area contributed by atoms with Gasteiger partial charge < -0.3 is 19.7 Å². The predicted octanol–water partition coefficient (Wildman–Crippen LogP) is 6.13. The van der Waals surface area contributed by atoms with Crippen molar-refractivity contribution in [1.29, 1.82) is 0 Å². The lowest BCUT2D eigenvalue weighted by molar-refractivity contribution is -0.134. The van der Waals surface area contributed by atoms with E-state index >= 15 is 0 Å². The van der Waals surface area contributed by atoms with Crippen LogP contribution in [0.2, 0.25) is 0 Å². The zero-order valence-electron chi connectivity index (χ0n) is 22.0. The molecule has 0 saturated heterocycles. The van der Waals surface area contributed by atoms with Crippen LogP contribution in [0.5, 0.6) is 11.5 Å². The van der Waals surface area contributed by atoms with Crippen LogP contribution >= 0.6 is 0 Å². The number of esters is 1. The van der Waals surface area contributed by atoms with Gasteiger partial charge in [0.2, 0.25) is 5.91 Å². The average molecular weight is 531 g/mol. The summed E-state index contributed by atoms with van der Waals surface area (Å²) < 4.78 is 5.42. The quantitative estimate of drug-likeness (QED) is 0.196. The van der Waals surface area contributed by atoms with Gasteiger partial charge in [0.05, 0.1) is 12.5 Å². The van der Waals surface area contributed by atoms with Crippen molar-refractivity contribution in [1.82, 2.24) is 9.88 Å². The largest absolute Gasteiger partial charge is 0.508 e. The zero-order chi connectivity index (χ0) is 27.5. The molecule has 6 nitrogen and oxygen atoms in total. The lowest BCUT2D eigenvalue weighted by Crippen LogP contribution is -2.41. The summed E-state index contributed by atoms with van der Waals surface area (Å²) in [6.45, 7) is 0.582. The van der Waals surface area contributed by atoms with Crippen molar-refractivity contribution < 1.29 is 19.4 Å². The van der Waals surface area contributed by atoms with Gasteiger partial charge >= 0.3 is 5.97 Å². The van der Waals surface area contributed by atoms with Crippen LogP contribution in [-0.4, -0.2) is 33.4 Å². The summed E-state index contributed by atoms with van der Waals surface area (Å²) in [7, 11) is 0. The number of hydrogen-bond acceptors (Lipinski definition) is 4. The number of para-hydroxylation sites is 1. The van der Waals surface area contributed by atoms with Crippen molar-refractivity contribution in [3.8, 4) is 11.5 Å². The van der Waals surface area contributed by atoms with E-state index in [-0.39, 0.29) is 30.1 Å². The van der Waals surface area contributed by atoms with Gasteiger partial charge in [-0.2, -0.15) is 0 Å². The Hall–Kier alpha value is -4.84. The standard InChI is InChI=1S/C34H30N2O4/c37-26-16-17-30-29(22-26)28-19-20-36(31(38)21-24-7-3-1-4-8-24)34(33(28)35-30)25-14-11-23(12-15-25)13-18-32(39)40-27-9-5-2-6-10-27/h1-12,14-17,22,34-35,37H,13,18-21H2. The Morgan fingerprint density at radius 3 is 2.35 bits per heavy atom. The first-order chi connectivity index (χ1) is 19.5. The van der Waals surface area contributed by atoms with Gasteiger partial charge in [0.1, 0.15) is 11.5 Å². The van der Waals surface area contributed by atoms with Crippen molar-refractivity contribution in [2.45, 2.75) is 31.7 Å². The van der Waals surface area contributed by atoms with Crippen molar-refractivity contribution in [2.24, 2.45) is 0 Å². The number of carbonyl (C=O) groups is 2. The number of aromatic nitrogens is 1. The van der Waals surface area contributed by atoms with Crippen molar-refractivity contribution in [3.63, 3.8) is 0 Å². The molecule has 200 valence electrons. The number of phenolic OH excluding ortho intramolecular Hbond substituents is 1. The first-order valence-corrected chi connectivity index (χ1v) is 13.6. The Kier molecular flexibility index (Phi) is 7.06. The molecule has 1 unspecified atom stereocenters. The minimum absolute atomic E-state index is 0.0658. The van der Waals surface area contributed by atoms with E-state index in [0.29, 0.717) is 31.6 Å². The average Bonchev–Trinajstić information content (AvgIpc) is 3.35. The molecule has 1 aliphatic heterocycles. The molecule has 0 fully saturated rings. The second-order valence-electron chi connectivity index (χ2n) is 10.2. The zero-order valence-corrected chi connectivity index (χ0v) is 22.0. The van der Waals surface area contributed by atoms with E-state index in [2.05, 4.69) is 4.98 Å². The van der Waals surface area contributed by atoms with Crippen LogP contribution in [0.1, 0.15) is 40.4 Å². The molecule has 0 bridgehead atoms. The van der Waals surface area contributed by atoms with Gasteiger partial charge in [-0.05, 0) is 65.4 Å². The van der Waals surface area contributed by atoms with Crippen LogP contribution in [0.3, 0.4) is 0 Å². The number of ether oxygens (including phenoxy) is 1. The molecule has 0 spiro atoms. The Balaban J connectivity index is 1.26. The summed E-state index contributed by atoms with van der Waals surface area (Å²) in [4.78, 5) is 31.5. The Labute approximate surface area is 232 Å². The Morgan fingerprint density at radius 2 is 1.60 bits per heavy atom. The number of carbonyl (C=O) groups excluding carboxylic acids is 2. The lowest BCUT2D eigenvalue weighted by Gasteiger charge is -2.36. The molecule has 1 aromatic heterocycles. The molecule has 6 rings (SSSR count). The molecule has 2 N–H and O–H groups in total. The summed E-state index contributed by atoms with van der Waals surface area (Å²) in [5, 5.41) is 11.1. The number of H-pyrrole nitrogens is 1. The number of benzene rings is 4. The molecular weight excluding hydrogens is 500 g/mol. The van der Waals surface area contributed by atoms with Gasteiger partial charge in [0.15, 0.2) is 0 Å². The lowest BCUT2D eigenvalue weighted by atomic mass is 9.91. The van der Waals surface area contributed by atoms with Gasteiger partial charge in [-0.15, -0.1) is 0 Å². The summed E-state index contributed by atoms with van der Waals surface area (Å²) in [5.41, 5.74) is 6.05. The van der Waals surface area contributed by atoms with E-state index in [1.54, 1.807) is 24.3 Å². The van der Waals surface area contributed by atoms with Gasteiger partial charge in [-0.1, -0.05) is 72.8 Å². The van der Waals surface area contributed by atoms with Crippen LogP contribution in [0.25, 0.3) is 10.9 Å². The van der Waals surface area contributed by atoms with Crippen molar-refractivity contribution >= 4 is 22.8 Å². The molecule has 40 heavy (non-hydrogen) atoms. The smallest absolute Gasteiger partial charge is 0.311 e. The number of nitrogens with one attached hydrogen (secondary N) is 1.